The van der Waals surface area contributed by atoms with Gasteiger partial charge in [0.25, 0.3) is 0 Å². The molecular weight excluding hydrogens is 274 g/mol. The molecule has 3 rings (SSSR count). The highest BCUT2D eigenvalue weighted by Gasteiger charge is 2.33. The molecule has 0 aliphatic carbocycles. The van der Waals surface area contributed by atoms with Gasteiger partial charge in [-0.15, -0.1) is 11.3 Å². The van der Waals surface area contributed by atoms with Gasteiger partial charge in [0, 0.05) is 13.1 Å². The SMILES string of the molecule is CC1CN(c2nc(NN)nc3sccc23)CC(C)(C)O1. The summed E-state index contributed by atoms with van der Waals surface area (Å²) in [6, 6.07) is 2.06. The van der Waals surface area contributed by atoms with Crippen LogP contribution in [0.15, 0.2) is 11.4 Å². The van der Waals surface area contributed by atoms with E-state index >= 15 is 0 Å². The van der Waals surface area contributed by atoms with Gasteiger partial charge in [-0.3, -0.25) is 5.43 Å². The highest BCUT2D eigenvalue weighted by atomic mass is 32.1. The van der Waals surface area contributed by atoms with Crippen LogP contribution in [0, 0.1) is 0 Å². The van der Waals surface area contributed by atoms with Crippen molar-refractivity contribution < 1.29 is 4.74 Å². The average Bonchev–Trinajstić information content (AvgIpc) is 2.82. The largest absolute Gasteiger partial charge is 0.369 e. The van der Waals surface area contributed by atoms with E-state index < -0.39 is 0 Å². The molecule has 0 saturated carbocycles. The minimum absolute atomic E-state index is 0.164. The number of nitrogens with one attached hydrogen (secondary N) is 1. The number of fused-ring (bicyclic) bond motifs is 1. The number of thiophene rings is 1. The lowest BCUT2D eigenvalue weighted by Gasteiger charge is -2.42. The van der Waals surface area contributed by atoms with Gasteiger partial charge in [0.1, 0.15) is 10.6 Å². The van der Waals surface area contributed by atoms with Gasteiger partial charge in [-0.2, -0.15) is 4.98 Å². The van der Waals surface area contributed by atoms with Crippen molar-refractivity contribution in [2.75, 3.05) is 23.4 Å². The van der Waals surface area contributed by atoms with Crippen LogP contribution in [0.1, 0.15) is 20.8 Å². The van der Waals surface area contributed by atoms with Crippen LogP contribution in [-0.2, 0) is 4.74 Å². The number of anilines is 2. The Bertz CT molecular complexity index is 626. The topological polar surface area (TPSA) is 76.3 Å². The lowest BCUT2D eigenvalue weighted by Crippen LogP contribution is -2.52. The monoisotopic (exact) mass is 293 g/mol. The highest BCUT2D eigenvalue weighted by Crippen LogP contribution is 2.32. The van der Waals surface area contributed by atoms with E-state index in [-0.39, 0.29) is 11.7 Å². The summed E-state index contributed by atoms with van der Waals surface area (Å²) in [7, 11) is 0. The van der Waals surface area contributed by atoms with Crippen LogP contribution in [0.25, 0.3) is 10.2 Å². The Balaban J connectivity index is 2.06. The summed E-state index contributed by atoms with van der Waals surface area (Å²) in [5, 5.41) is 3.09. The Labute approximate surface area is 121 Å². The number of morpholine rings is 1. The van der Waals surface area contributed by atoms with Gasteiger partial charge in [0.05, 0.1) is 17.1 Å². The zero-order valence-electron chi connectivity index (χ0n) is 11.9. The normalized spacial score (nSPS) is 22.2. The first-order valence-corrected chi connectivity index (χ1v) is 7.51. The Morgan fingerprint density at radius 3 is 3.00 bits per heavy atom. The van der Waals surface area contributed by atoms with Gasteiger partial charge in [-0.25, -0.2) is 10.8 Å². The van der Waals surface area contributed by atoms with Crippen molar-refractivity contribution in [2.45, 2.75) is 32.5 Å². The third-order valence-electron chi connectivity index (χ3n) is 3.30. The van der Waals surface area contributed by atoms with E-state index in [1.165, 1.54) is 0 Å². The molecule has 2 aromatic rings. The molecular formula is C13H19N5OS. The molecule has 7 heteroatoms. The van der Waals surface area contributed by atoms with Crippen LogP contribution in [0.3, 0.4) is 0 Å². The van der Waals surface area contributed by atoms with Crippen LogP contribution in [-0.4, -0.2) is 34.8 Å². The first-order valence-electron chi connectivity index (χ1n) is 6.63. The fraction of sp³-hybridized carbons (Fsp3) is 0.538. The number of hydrogen-bond donors (Lipinski definition) is 2. The molecule has 2 aromatic heterocycles. The molecule has 1 unspecified atom stereocenters. The van der Waals surface area contributed by atoms with Crippen LogP contribution >= 0.6 is 11.3 Å². The van der Waals surface area contributed by atoms with Crippen molar-refractivity contribution in [3.05, 3.63) is 11.4 Å². The van der Waals surface area contributed by atoms with E-state index in [1.807, 2.05) is 5.38 Å². The molecule has 1 fully saturated rings. The quantitative estimate of drug-likeness (QED) is 0.651. The number of ether oxygens (including phenoxy) is 1. The van der Waals surface area contributed by atoms with Crippen molar-refractivity contribution >= 4 is 33.3 Å². The number of rotatable bonds is 2. The molecule has 1 saturated heterocycles. The van der Waals surface area contributed by atoms with E-state index in [4.69, 9.17) is 10.6 Å². The number of hydrazine groups is 1. The Hall–Kier alpha value is -1.44. The zero-order chi connectivity index (χ0) is 14.3. The highest BCUT2D eigenvalue weighted by molar-refractivity contribution is 7.16. The first-order chi connectivity index (χ1) is 9.48. The summed E-state index contributed by atoms with van der Waals surface area (Å²) in [5.74, 6) is 6.85. The Morgan fingerprint density at radius 2 is 2.30 bits per heavy atom. The van der Waals surface area contributed by atoms with E-state index in [9.17, 15) is 0 Å². The smallest absolute Gasteiger partial charge is 0.240 e. The van der Waals surface area contributed by atoms with Gasteiger partial charge in [-0.1, -0.05) is 0 Å². The summed E-state index contributed by atoms with van der Waals surface area (Å²) in [4.78, 5) is 12.1. The molecule has 0 aromatic carbocycles. The minimum atomic E-state index is -0.193. The summed E-state index contributed by atoms with van der Waals surface area (Å²) in [5.41, 5.74) is 2.35. The molecule has 0 amide bonds. The second-order valence-electron chi connectivity index (χ2n) is 5.72. The van der Waals surface area contributed by atoms with Gasteiger partial charge in [0.15, 0.2) is 0 Å². The predicted molar refractivity (Wildman–Crippen MR) is 82.1 cm³/mol. The van der Waals surface area contributed by atoms with Crippen LogP contribution in [0.4, 0.5) is 11.8 Å². The maximum absolute atomic E-state index is 5.95. The average molecular weight is 293 g/mol. The molecule has 20 heavy (non-hydrogen) atoms. The third-order valence-corrected chi connectivity index (χ3v) is 4.11. The summed E-state index contributed by atoms with van der Waals surface area (Å²) >= 11 is 1.59. The number of nitrogens with zero attached hydrogens (tertiary/aromatic N) is 3. The fourth-order valence-corrected chi connectivity index (χ4v) is 3.52. The van der Waals surface area contributed by atoms with Crippen molar-refractivity contribution in [3.63, 3.8) is 0 Å². The number of nitrogen functional groups attached to an aromatic ring is 1. The molecule has 3 N–H and O–H groups in total. The van der Waals surface area contributed by atoms with E-state index in [0.29, 0.717) is 5.95 Å². The Kier molecular flexibility index (Phi) is 3.27. The molecule has 0 spiro atoms. The van der Waals surface area contributed by atoms with Gasteiger partial charge in [0.2, 0.25) is 5.95 Å². The number of hydrogen-bond acceptors (Lipinski definition) is 7. The summed E-state index contributed by atoms with van der Waals surface area (Å²) in [6.07, 6.45) is 0.164. The lowest BCUT2D eigenvalue weighted by atomic mass is 10.1. The third kappa shape index (κ3) is 2.44. The van der Waals surface area contributed by atoms with Gasteiger partial charge in [-0.05, 0) is 32.2 Å². The molecule has 3 heterocycles. The summed E-state index contributed by atoms with van der Waals surface area (Å²) in [6.45, 7) is 7.90. The van der Waals surface area contributed by atoms with Crippen molar-refractivity contribution in [1.29, 1.82) is 0 Å². The summed E-state index contributed by atoms with van der Waals surface area (Å²) < 4.78 is 5.95. The molecule has 0 radical (unpaired) electrons. The van der Waals surface area contributed by atoms with Crippen LogP contribution in [0.5, 0.6) is 0 Å². The molecule has 1 aliphatic heterocycles. The molecule has 6 nitrogen and oxygen atoms in total. The van der Waals surface area contributed by atoms with Gasteiger partial charge >= 0.3 is 0 Å². The molecule has 1 atom stereocenters. The maximum atomic E-state index is 5.95. The Morgan fingerprint density at radius 1 is 1.50 bits per heavy atom. The van der Waals surface area contributed by atoms with Gasteiger partial charge < -0.3 is 9.64 Å². The first kappa shape index (κ1) is 13.5. The molecule has 108 valence electrons. The van der Waals surface area contributed by atoms with E-state index in [1.54, 1.807) is 11.3 Å². The van der Waals surface area contributed by atoms with Crippen molar-refractivity contribution in [3.8, 4) is 0 Å². The van der Waals surface area contributed by atoms with Crippen molar-refractivity contribution in [1.82, 2.24) is 9.97 Å². The predicted octanol–water partition coefficient (Wildman–Crippen LogP) is 1.98. The van der Waals surface area contributed by atoms with E-state index in [0.717, 1.165) is 29.1 Å². The fourth-order valence-electron chi connectivity index (χ4n) is 2.76. The van der Waals surface area contributed by atoms with Crippen LogP contribution in [0.2, 0.25) is 0 Å². The van der Waals surface area contributed by atoms with E-state index in [2.05, 4.69) is 47.1 Å². The van der Waals surface area contributed by atoms with Crippen molar-refractivity contribution in [2.24, 2.45) is 5.84 Å². The zero-order valence-corrected chi connectivity index (χ0v) is 12.7. The lowest BCUT2D eigenvalue weighted by molar-refractivity contribution is -0.0750. The van der Waals surface area contributed by atoms with Crippen LogP contribution < -0.4 is 16.2 Å². The number of nitrogens with two attached hydrogens (primary N) is 1. The second-order valence-corrected chi connectivity index (χ2v) is 6.62. The standard InChI is InChI=1S/C13H19N5OS/c1-8-6-18(7-13(2,3)19-8)10-9-4-5-20-11(9)16-12(15-10)17-14/h4-5,8H,6-7,14H2,1-3H3,(H,15,16,17). The second kappa shape index (κ2) is 4.83. The maximum Gasteiger partial charge on any atom is 0.240 e. The molecule has 0 bridgehead atoms. The molecule has 1 aliphatic rings. The number of aromatic nitrogens is 2. The minimum Gasteiger partial charge on any atom is -0.369 e.